The second kappa shape index (κ2) is 8.60. The zero-order valence-electron chi connectivity index (χ0n) is 13.4. The quantitative estimate of drug-likeness (QED) is 0.663. The van der Waals surface area contributed by atoms with E-state index in [2.05, 4.69) is 34.9 Å². The Labute approximate surface area is 128 Å². The molecule has 21 heavy (non-hydrogen) atoms. The average molecular weight is 285 g/mol. The molecular formula is C18H27N3. The molecule has 3 nitrogen and oxygen atoms in total. The van der Waals surface area contributed by atoms with Gasteiger partial charge in [0.25, 0.3) is 0 Å². The molecule has 1 N–H and O–H groups in total. The smallest absolute Gasteiger partial charge is 0.139 e. The molecule has 2 aromatic heterocycles. The highest BCUT2D eigenvalue weighted by Crippen LogP contribution is 2.23. The van der Waals surface area contributed by atoms with E-state index in [4.69, 9.17) is 0 Å². The molecule has 0 spiro atoms. The van der Waals surface area contributed by atoms with Crippen molar-refractivity contribution in [1.29, 1.82) is 0 Å². The lowest BCUT2D eigenvalue weighted by atomic mass is 10.0. The number of aromatic amines is 1. The number of hydrogen-bond donors (Lipinski definition) is 1. The minimum atomic E-state index is 0.939. The van der Waals surface area contributed by atoms with E-state index in [-0.39, 0.29) is 0 Å². The van der Waals surface area contributed by atoms with E-state index in [9.17, 15) is 0 Å². The molecule has 114 valence electrons. The topological polar surface area (TPSA) is 41.6 Å². The number of pyridine rings is 1. The Balaban J connectivity index is 2.15. The minimum Gasteiger partial charge on any atom is -0.345 e. The zero-order valence-corrected chi connectivity index (χ0v) is 13.4. The fourth-order valence-corrected chi connectivity index (χ4v) is 2.64. The molecule has 2 aromatic rings. The molecule has 0 aliphatic heterocycles. The van der Waals surface area contributed by atoms with Gasteiger partial charge in [0.05, 0.1) is 0 Å². The van der Waals surface area contributed by atoms with Crippen LogP contribution in [0.3, 0.4) is 0 Å². The first-order valence-corrected chi connectivity index (χ1v) is 8.32. The van der Waals surface area contributed by atoms with Crippen molar-refractivity contribution in [3.63, 3.8) is 0 Å². The highest BCUT2D eigenvalue weighted by atomic mass is 14.9. The molecule has 0 bridgehead atoms. The number of H-pyrrole nitrogens is 1. The summed E-state index contributed by atoms with van der Waals surface area (Å²) in [5.41, 5.74) is 3.78. The van der Waals surface area contributed by atoms with Gasteiger partial charge in [-0.05, 0) is 37.3 Å². The normalized spacial score (nSPS) is 11.0. The van der Waals surface area contributed by atoms with Crippen LogP contribution >= 0.6 is 0 Å². The molecular weight excluding hydrogens is 258 g/mol. The molecule has 3 heteroatoms. The number of unbranched alkanes of at least 4 members (excludes halogenated alkanes) is 4. The Kier molecular flexibility index (Phi) is 6.45. The Morgan fingerprint density at radius 1 is 0.952 bits per heavy atom. The van der Waals surface area contributed by atoms with Crippen molar-refractivity contribution in [3.05, 3.63) is 35.9 Å². The molecule has 0 aliphatic carbocycles. The lowest BCUT2D eigenvalue weighted by Crippen LogP contribution is -1.98. The first-order chi connectivity index (χ1) is 10.3. The maximum Gasteiger partial charge on any atom is 0.139 e. The molecule has 0 aliphatic rings. The summed E-state index contributed by atoms with van der Waals surface area (Å²) in [6, 6.07) is 2.29. The Bertz CT molecular complexity index is 517. The van der Waals surface area contributed by atoms with E-state index < -0.39 is 0 Å². The third kappa shape index (κ3) is 4.69. The van der Waals surface area contributed by atoms with Crippen molar-refractivity contribution < 1.29 is 0 Å². The summed E-state index contributed by atoms with van der Waals surface area (Å²) >= 11 is 0. The van der Waals surface area contributed by atoms with Gasteiger partial charge in [0.2, 0.25) is 0 Å². The second-order valence-corrected chi connectivity index (χ2v) is 5.68. The lowest BCUT2D eigenvalue weighted by molar-refractivity contribution is 0.700. The third-order valence-corrected chi connectivity index (χ3v) is 3.89. The summed E-state index contributed by atoms with van der Waals surface area (Å²) in [7, 11) is 0. The van der Waals surface area contributed by atoms with Crippen LogP contribution in [0.25, 0.3) is 11.4 Å². The summed E-state index contributed by atoms with van der Waals surface area (Å²) in [4.78, 5) is 12.2. The molecule has 2 heterocycles. The van der Waals surface area contributed by atoms with Gasteiger partial charge in [0.15, 0.2) is 0 Å². The largest absolute Gasteiger partial charge is 0.345 e. The van der Waals surface area contributed by atoms with E-state index in [1.807, 2.05) is 12.4 Å². The Morgan fingerprint density at radius 3 is 2.38 bits per heavy atom. The van der Waals surface area contributed by atoms with Crippen LogP contribution in [0, 0.1) is 0 Å². The predicted molar refractivity (Wildman–Crippen MR) is 88.3 cm³/mol. The Morgan fingerprint density at radius 2 is 1.71 bits per heavy atom. The number of imidazole rings is 1. The van der Waals surface area contributed by atoms with Crippen LogP contribution in [-0.4, -0.2) is 15.0 Å². The first kappa shape index (κ1) is 15.7. The fraction of sp³-hybridized carbons (Fsp3) is 0.556. The van der Waals surface area contributed by atoms with Crippen LogP contribution in [0.4, 0.5) is 0 Å². The van der Waals surface area contributed by atoms with Crippen LogP contribution in [0.5, 0.6) is 0 Å². The molecule has 2 rings (SSSR count). The van der Waals surface area contributed by atoms with Gasteiger partial charge in [0, 0.05) is 29.8 Å². The molecule has 0 unspecified atom stereocenters. The molecule has 0 radical (unpaired) electrons. The molecule has 0 amide bonds. The van der Waals surface area contributed by atoms with Crippen molar-refractivity contribution in [2.24, 2.45) is 0 Å². The van der Waals surface area contributed by atoms with E-state index in [0.29, 0.717) is 0 Å². The van der Waals surface area contributed by atoms with E-state index >= 15 is 0 Å². The van der Waals surface area contributed by atoms with Gasteiger partial charge in [0.1, 0.15) is 5.82 Å². The average Bonchev–Trinajstić information content (AvgIpc) is 3.02. The van der Waals surface area contributed by atoms with Crippen LogP contribution in [0.1, 0.15) is 63.6 Å². The maximum absolute atomic E-state index is 4.64. The Hall–Kier alpha value is -1.64. The highest BCUT2D eigenvalue weighted by molar-refractivity contribution is 5.59. The molecule has 0 atom stereocenters. The summed E-state index contributed by atoms with van der Waals surface area (Å²) < 4.78 is 0. The number of aryl methyl sites for hydroxylation is 2. The molecule has 0 saturated carbocycles. The van der Waals surface area contributed by atoms with Crippen molar-refractivity contribution in [1.82, 2.24) is 15.0 Å². The summed E-state index contributed by atoms with van der Waals surface area (Å²) in [5, 5.41) is 0. The zero-order chi connectivity index (χ0) is 14.9. The van der Waals surface area contributed by atoms with Gasteiger partial charge < -0.3 is 4.98 Å². The molecule has 0 saturated heterocycles. The summed E-state index contributed by atoms with van der Waals surface area (Å²) in [5.74, 6) is 0.939. The lowest BCUT2D eigenvalue weighted by Gasteiger charge is -2.10. The van der Waals surface area contributed by atoms with Crippen molar-refractivity contribution in [2.45, 2.75) is 65.2 Å². The molecule has 0 fully saturated rings. The van der Waals surface area contributed by atoms with E-state index in [1.54, 1.807) is 6.20 Å². The van der Waals surface area contributed by atoms with Crippen LogP contribution in [-0.2, 0) is 12.8 Å². The van der Waals surface area contributed by atoms with Gasteiger partial charge >= 0.3 is 0 Å². The third-order valence-electron chi connectivity index (χ3n) is 3.89. The van der Waals surface area contributed by atoms with Gasteiger partial charge in [-0.1, -0.05) is 39.5 Å². The first-order valence-electron chi connectivity index (χ1n) is 8.32. The van der Waals surface area contributed by atoms with E-state index in [0.717, 1.165) is 24.2 Å². The van der Waals surface area contributed by atoms with Crippen molar-refractivity contribution in [2.75, 3.05) is 0 Å². The van der Waals surface area contributed by atoms with Crippen molar-refractivity contribution in [3.8, 4) is 11.4 Å². The summed E-state index contributed by atoms with van der Waals surface area (Å²) in [6.07, 6.45) is 15.4. The number of nitrogens with one attached hydrogen (secondary N) is 1. The van der Waals surface area contributed by atoms with Gasteiger partial charge in [-0.25, -0.2) is 4.98 Å². The number of aromatic nitrogens is 3. The van der Waals surface area contributed by atoms with Gasteiger partial charge in [-0.2, -0.15) is 0 Å². The highest BCUT2D eigenvalue weighted by Gasteiger charge is 2.09. The number of hydrogen-bond acceptors (Lipinski definition) is 2. The number of nitrogens with zero attached hydrogens (tertiary/aromatic N) is 2. The van der Waals surface area contributed by atoms with Crippen LogP contribution in [0.15, 0.2) is 24.7 Å². The van der Waals surface area contributed by atoms with Crippen LogP contribution < -0.4 is 0 Å². The van der Waals surface area contributed by atoms with Crippen molar-refractivity contribution >= 4 is 0 Å². The van der Waals surface area contributed by atoms with Gasteiger partial charge in [-0.3, -0.25) is 4.98 Å². The van der Waals surface area contributed by atoms with E-state index in [1.165, 1.54) is 49.8 Å². The maximum atomic E-state index is 4.64. The summed E-state index contributed by atoms with van der Waals surface area (Å²) in [6.45, 7) is 4.49. The van der Waals surface area contributed by atoms with Crippen LogP contribution in [0.2, 0.25) is 0 Å². The fourth-order valence-electron chi connectivity index (χ4n) is 2.64. The standard InChI is InChI=1S/C18H27N3/c1-3-5-7-9-15-13-16(10-8-6-4-2)21-14-17(15)18-19-11-12-20-18/h11-14H,3-10H2,1-2H3,(H,19,20). The predicted octanol–water partition coefficient (Wildman–Crippen LogP) is 4.94. The second-order valence-electron chi connectivity index (χ2n) is 5.68. The molecule has 0 aromatic carbocycles. The van der Waals surface area contributed by atoms with Gasteiger partial charge in [-0.15, -0.1) is 0 Å². The SMILES string of the molecule is CCCCCc1cc(CCCCC)c(-c2ncc[nH]2)cn1. The number of rotatable bonds is 9. The minimum absolute atomic E-state index is 0.939. The monoisotopic (exact) mass is 285 g/mol.